The smallest absolute Gasteiger partial charge is 0.264 e. The molecular formula is C15H26O4S. The maximum absolute atomic E-state index is 10.9. The molecule has 1 N–H and O–H groups in total. The highest BCUT2D eigenvalue weighted by Gasteiger charge is 2.51. The van der Waals surface area contributed by atoms with Crippen LogP contribution in [0.3, 0.4) is 0 Å². The minimum atomic E-state index is -4.30. The van der Waals surface area contributed by atoms with E-state index in [1.54, 1.807) is 0 Å². The van der Waals surface area contributed by atoms with E-state index in [1.807, 2.05) is 0 Å². The van der Waals surface area contributed by atoms with Gasteiger partial charge in [-0.1, -0.05) is 26.2 Å². The van der Waals surface area contributed by atoms with Crippen LogP contribution in [0.4, 0.5) is 0 Å². The van der Waals surface area contributed by atoms with Crippen molar-refractivity contribution >= 4 is 10.4 Å². The fourth-order valence-electron chi connectivity index (χ4n) is 5.41. The van der Waals surface area contributed by atoms with Crippen molar-refractivity contribution in [3.05, 3.63) is 0 Å². The molecule has 0 aromatic rings. The summed E-state index contributed by atoms with van der Waals surface area (Å²) in [5.41, 5.74) is 0.364. The van der Waals surface area contributed by atoms with Crippen LogP contribution in [0.15, 0.2) is 0 Å². The Hall–Kier alpha value is -0.130. The first-order valence-corrected chi connectivity index (χ1v) is 9.41. The molecule has 0 heterocycles. The first-order chi connectivity index (χ1) is 9.38. The molecule has 3 fully saturated rings. The molecule has 0 aliphatic heterocycles. The molecule has 0 spiro atoms. The van der Waals surface area contributed by atoms with Crippen LogP contribution in [0.25, 0.3) is 0 Å². The van der Waals surface area contributed by atoms with Gasteiger partial charge in [-0.3, -0.25) is 4.55 Å². The largest absolute Gasteiger partial charge is 0.397 e. The lowest BCUT2D eigenvalue weighted by molar-refractivity contribution is -0.0793. The third-order valence-corrected chi connectivity index (χ3v) is 6.90. The van der Waals surface area contributed by atoms with E-state index >= 15 is 0 Å². The Balaban J connectivity index is 1.72. The summed E-state index contributed by atoms with van der Waals surface area (Å²) in [4.78, 5) is 0. The van der Waals surface area contributed by atoms with Crippen LogP contribution >= 0.6 is 0 Å². The predicted molar refractivity (Wildman–Crippen MR) is 76.6 cm³/mol. The SMILES string of the molecule is C[C@@]12CC[C@H](OS(=O)(=O)O)C[C@@H]1CC[C@@H]1CCCC[C@H]12. The van der Waals surface area contributed by atoms with Gasteiger partial charge in [0.15, 0.2) is 0 Å². The maximum Gasteiger partial charge on any atom is 0.397 e. The van der Waals surface area contributed by atoms with Crippen molar-refractivity contribution in [2.24, 2.45) is 23.2 Å². The molecule has 3 aliphatic rings. The van der Waals surface area contributed by atoms with Gasteiger partial charge in [-0.15, -0.1) is 0 Å². The molecule has 5 atom stereocenters. The van der Waals surface area contributed by atoms with Crippen LogP contribution in [-0.4, -0.2) is 19.1 Å². The summed E-state index contributed by atoms with van der Waals surface area (Å²) in [5, 5.41) is 0. The Labute approximate surface area is 122 Å². The molecule has 0 bridgehead atoms. The topological polar surface area (TPSA) is 63.6 Å². The van der Waals surface area contributed by atoms with E-state index in [0.717, 1.165) is 31.1 Å². The molecule has 3 saturated carbocycles. The zero-order chi connectivity index (χ0) is 14.4. The molecule has 5 heteroatoms. The fraction of sp³-hybridized carbons (Fsp3) is 1.00. The number of fused-ring (bicyclic) bond motifs is 3. The normalized spacial score (nSPS) is 45.5. The van der Waals surface area contributed by atoms with Gasteiger partial charge in [0.1, 0.15) is 0 Å². The van der Waals surface area contributed by atoms with Crippen LogP contribution in [0, 0.1) is 23.2 Å². The third-order valence-electron chi connectivity index (χ3n) is 6.38. The Kier molecular flexibility index (Phi) is 3.89. The van der Waals surface area contributed by atoms with Crippen molar-refractivity contribution in [1.82, 2.24) is 0 Å². The molecule has 4 nitrogen and oxygen atoms in total. The summed E-state index contributed by atoms with van der Waals surface area (Å²) >= 11 is 0. The average Bonchev–Trinajstić information content (AvgIpc) is 2.38. The quantitative estimate of drug-likeness (QED) is 0.792. The third kappa shape index (κ3) is 2.77. The number of hydrogen-bond acceptors (Lipinski definition) is 3. The Morgan fingerprint density at radius 2 is 1.85 bits per heavy atom. The summed E-state index contributed by atoms with van der Waals surface area (Å²) < 4.78 is 35.5. The number of rotatable bonds is 2. The lowest BCUT2D eigenvalue weighted by Crippen LogP contribution is -2.49. The van der Waals surface area contributed by atoms with Gasteiger partial charge in [-0.2, -0.15) is 8.42 Å². The molecule has 0 aromatic heterocycles. The summed E-state index contributed by atoms with van der Waals surface area (Å²) in [6.45, 7) is 2.42. The van der Waals surface area contributed by atoms with E-state index in [9.17, 15) is 8.42 Å². The zero-order valence-corrected chi connectivity index (χ0v) is 13.1. The van der Waals surface area contributed by atoms with Gasteiger partial charge >= 0.3 is 10.4 Å². The van der Waals surface area contributed by atoms with E-state index in [4.69, 9.17) is 8.74 Å². The molecule has 0 unspecified atom stereocenters. The molecule has 0 aromatic carbocycles. The van der Waals surface area contributed by atoms with Crippen LogP contribution < -0.4 is 0 Å². The molecule has 116 valence electrons. The van der Waals surface area contributed by atoms with Crippen LogP contribution in [0.5, 0.6) is 0 Å². The average molecular weight is 302 g/mol. The molecule has 3 rings (SSSR count). The highest BCUT2D eigenvalue weighted by atomic mass is 32.3. The molecule has 20 heavy (non-hydrogen) atoms. The van der Waals surface area contributed by atoms with Crippen molar-refractivity contribution in [1.29, 1.82) is 0 Å². The minimum Gasteiger partial charge on any atom is -0.264 e. The number of hydrogen-bond donors (Lipinski definition) is 1. The van der Waals surface area contributed by atoms with E-state index in [-0.39, 0.29) is 6.10 Å². The van der Waals surface area contributed by atoms with Crippen LogP contribution in [-0.2, 0) is 14.6 Å². The van der Waals surface area contributed by atoms with Crippen molar-refractivity contribution in [2.75, 3.05) is 0 Å². The second-order valence-corrected chi connectivity index (χ2v) is 8.40. The van der Waals surface area contributed by atoms with E-state index in [1.165, 1.54) is 38.5 Å². The fourth-order valence-corrected chi connectivity index (χ4v) is 5.93. The zero-order valence-electron chi connectivity index (χ0n) is 12.3. The highest BCUT2D eigenvalue weighted by Crippen LogP contribution is 2.59. The van der Waals surface area contributed by atoms with E-state index in [2.05, 4.69) is 6.92 Å². The second kappa shape index (κ2) is 5.25. The second-order valence-electron chi connectivity index (χ2n) is 7.35. The van der Waals surface area contributed by atoms with E-state index < -0.39 is 10.4 Å². The molecule has 0 amide bonds. The van der Waals surface area contributed by atoms with Gasteiger partial charge in [0.05, 0.1) is 6.10 Å². The Morgan fingerprint density at radius 1 is 1.10 bits per heavy atom. The lowest BCUT2D eigenvalue weighted by atomic mass is 9.49. The van der Waals surface area contributed by atoms with Crippen LogP contribution in [0.1, 0.15) is 64.7 Å². The predicted octanol–water partition coefficient (Wildman–Crippen LogP) is 3.58. The maximum atomic E-state index is 10.9. The van der Waals surface area contributed by atoms with Gasteiger partial charge < -0.3 is 0 Å². The standard InChI is InChI=1S/C15H26O4S/c1-15-9-8-13(19-20(16,17)18)10-12(15)7-6-11-4-2-3-5-14(11)15/h11-14H,2-10H2,1H3,(H,16,17,18)/t11-,12-,13-,14+,15+/m0/s1. The van der Waals surface area contributed by atoms with Gasteiger partial charge in [0, 0.05) is 0 Å². The van der Waals surface area contributed by atoms with Gasteiger partial charge in [0.25, 0.3) is 0 Å². The minimum absolute atomic E-state index is 0.316. The molecule has 3 aliphatic carbocycles. The molecule has 0 saturated heterocycles. The van der Waals surface area contributed by atoms with Gasteiger partial charge in [-0.25, -0.2) is 4.18 Å². The first kappa shape index (κ1) is 14.8. The van der Waals surface area contributed by atoms with E-state index in [0.29, 0.717) is 11.3 Å². The Bertz CT molecular complexity index is 460. The lowest BCUT2D eigenvalue weighted by Gasteiger charge is -2.56. The summed E-state index contributed by atoms with van der Waals surface area (Å²) in [7, 11) is -4.30. The van der Waals surface area contributed by atoms with Crippen molar-refractivity contribution in [3.63, 3.8) is 0 Å². The molecular weight excluding hydrogens is 276 g/mol. The Morgan fingerprint density at radius 3 is 2.60 bits per heavy atom. The van der Waals surface area contributed by atoms with Gasteiger partial charge in [0.2, 0.25) is 0 Å². The monoisotopic (exact) mass is 302 g/mol. The van der Waals surface area contributed by atoms with Crippen LogP contribution in [0.2, 0.25) is 0 Å². The van der Waals surface area contributed by atoms with Crippen molar-refractivity contribution < 1.29 is 17.2 Å². The van der Waals surface area contributed by atoms with Crippen molar-refractivity contribution in [2.45, 2.75) is 70.8 Å². The van der Waals surface area contributed by atoms with Crippen molar-refractivity contribution in [3.8, 4) is 0 Å². The summed E-state index contributed by atoms with van der Waals surface area (Å²) in [5.74, 6) is 2.27. The summed E-state index contributed by atoms with van der Waals surface area (Å²) in [6.07, 6.45) is 10.2. The highest BCUT2D eigenvalue weighted by molar-refractivity contribution is 7.80. The molecule has 0 radical (unpaired) electrons. The summed E-state index contributed by atoms with van der Waals surface area (Å²) in [6, 6.07) is 0. The van der Waals surface area contributed by atoms with Gasteiger partial charge in [-0.05, 0) is 61.7 Å². The first-order valence-electron chi connectivity index (χ1n) is 8.04.